The van der Waals surface area contributed by atoms with Gasteiger partial charge in [0.05, 0.1) is 11.5 Å². The molecule has 0 bridgehead atoms. The quantitative estimate of drug-likeness (QED) is 0.935. The number of benzene rings is 1. The Kier molecular flexibility index (Phi) is 4.38. The van der Waals surface area contributed by atoms with E-state index < -0.39 is 17.7 Å². The maximum absolute atomic E-state index is 13.8. The molecule has 2 aromatic rings. The molecule has 2 unspecified atom stereocenters. The lowest BCUT2D eigenvalue weighted by atomic mass is 9.93. The highest BCUT2D eigenvalue weighted by Crippen LogP contribution is 2.28. The van der Waals surface area contributed by atoms with Crippen molar-refractivity contribution in [3.05, 3.63) is 48.0 Å². The summed E-state index contributed by atoms with van der Waals surface area (Å²) in [5, 5.41) is 9.17. The molecule has 126 valence electrons. The fraction of sp³-hybridized carbons (Fsp3) is 0.333. The molecule has 0 spiro atoms. The van der Waals surface area contributed by atoms with E-state index in [1.807, 2.05) is 6.92 Å². The van der Waals surface area contributed by atoms with Crippen molar-refractivity contribution in [2.45, 2.75) is 25.8 Å². The van der Waals surface area contributed by atoms with Gasteiger partial charge >= 0.3 is 5.97 Å². The number of carbonyl (C=O) groups is 2. The number of amides is 1. The first-order valence-corrected chi connectivity index (χ1v) is 7.86. The fourth-order valence-electron chi connectivity index (χ4n) is 2.99. The van der Waals surface area contributed by atoms with Gasteiger partial charge in [0, 0.05) is 12.6 Å². The molecule has 1 N–H and O–H groups in total. The van der Waals surface area contributed by atoms with Gasteiger partial charge in [-0.25, -0.2) is 4.39 Å². The SMILES string of the molecule is CC1CCC(C(=O)O)CN1C(=O)c1ccc(-c2ccccc2F)o1. The number of carboxylic acids is 1. The van der Waals surface area contributed by atoms with E-state index in [-0.39, 0.29) is 35.6 Å². The molecule has 1 fully saturated rings. The number of carbonyl (C=O) groups excluding carboxylic acids is 1. The number of likely N-dealkylation sites (tertiary alicyclic amines) is 1. The van der Waals surface area contributed by atoms with Gasteiger partial charge in [-0.2, -0.15) is 0 Å². The number of aliphatic carboxylic acids is 1. The second-order valence-corrected chi connectivity index (χ2v) is 6.06. The number of piperidine rings is 1. The highest BCUT2D eigenvalue weighted by molar-refractivity contribution is 5.92. The molecule has 2 heterocycles. The van der Waals surface area contributed by atoms with Crippen molar-refractivity contribution in [1.82, 2.24) is 4.90 Å². The van der Waals surface area contributed by atoms with E-state index in [1.54, 1.807) is 24.3 Å². The highest BCUT2D eigenvalue weighted by Gasteiger charge is 2.34. The van der Waals surface area contributed by atoms with E-state index in [2.05, 4.69) is 0 Å². The summed E-state index contributed by atoms with van der Waals surface area (Å²) in [6.07, 6.45) is 1.18. The predicted molar refractivity (Wildman–Crippen MR) is 85.0 cm³/mol. The molecule has 0 aliphatic carbocycles. The van der Waals surface area contributed by atoms with E-state index in [0.717, 1.165) is 0 Å². The van der Waals surface area contributed by atoms with Crippen LogP contribution in [-0.2, 0) is 4.79 Å². The van der Waals surface area contributed by atoms with Gasteiger partial charge in [-0.05, 0) is 44.0 Å². The normalized spacial score (nSPS) is 20.8. The molecule has 24 heavy (non-hydrogen) atoms. The molecular weight excluding hydrogens is 313 g/mol. The summed E-state index contributed by atoms with van der Waals surface area (Å²) in [6, 6.07) is 9.16. The lowest BCUT2D eigenvalue weighted by Gasteiger charge is -2.35. The molecule has 1 amide bonds. The van der Waals surface area contributed by atoms with Gasteiger partial charge in [0.1, 0.15) is 11.6 Å². The van der Waals surface area contributed by atoms with E-state index in [9.17, 15) is 19.1 Å². The van der Waals surface area contributed by atoms with Crippen molar-refractivity contribution in [2.24, 2.45) is 5.92 Å². The lowest BCUT2D eigenvalue weighted by Crippen LogP contribution is -2.47. The van der Waals surface area contributed by atoms with Crippen LogP contribution in [0.15, 0.2) is 40.8 Å². The minimum Gasteiger partial charge on any atom is -0.481 e. The van der Waals surface area contributed by atoms with Crippen molar-refractivity contribution in [1.29, 1.82) is 0 Å². The molecule has 1 aliphatic heterocycles. The third-order valence-corrected chi connectivity index (χ3v) is 4.45. The van der Waals surface area contributed by atoms with Crippen molar-refractivity contribution < 1.29 is 23.5 Å². The van der Waals surface area contributed by atoms with Crippen LogP contribution in [0, 0.1) is 11.7 Å². The molecule has 5 nitrogen and oxygen atoms in total. The zero-order valence-corrected chi connectivity index (χ0v) is 13.2. The number of carboxylic acid groups (broad SMARTS) is 1. The smallest absolute Gasteiger partial charge is 0.308 e. The summed E-state index contributed by atoms with van der Waals surface area (Å²) in [4.78, 5) is 25.4. The van der Waals surface area contributed by atoms with Gasteiger partial charge in [-0.3, -0.25) is 9.59 Å². The number of hydrogen-bond acceptors (Lipinski definition) is 3. The predicted octanol–water partition coefficient (Wildman–Crippen LogP) is 3.41. The van der Waals surface area contributed by atoms with Gasteiger partial charge in [-0.1, -0.05) is 12.1 Å². The molecule has 6 heteroatoms. The van der Waals surface area contributed by atoms with Gasteiger partial charge in [0.25, 0.3) is 5.91 Å². The summed E-state index contributed by atoms with van der Waals surface area (Å²) in [7, 11) is 0. The summed E-state index contributed by atoms with van der Waals surface area (Å²) >= 11 is 0. The standard InChI is InChI=1S/C18H18FNO4/c1-11-6-7-12(18(22)23)10-20(11)17(21)16-9-8-15(24-16)13-4-2-3-5-14(13)19/h2-5,8-9,11-12H,6-7,10H2,1H3,(H,22,23). The minimum absolute atomic E-state index is 0.0601. The van der Waals surface area contributed by atoms with Crippen LogP contribution in [0.1, 0.15) is 30.3 Å². The topological polar surface area (TPSA) is 70.8 Å². The Morgan fingerprint density at radius 3 is 2.67 bits per heavy atom. The summed E-state index contributed by atoms with van der Waals surface area (Å²) in [5.74, 6) is -1.89. The number of furan rings is 1. The molecule has 0 saturated carbocycles. The van der Waals surface area contributed by atoms with E-state index in [1.165, 1.54) is 17.0 Å². The van der Waals surface area contributed by atoms with Gasteiger partial charge in [0.2, 0.25) is 0 Å². The molecule has 0 radical (unpaired) electrons. The number of nitrogens with zero attached hydrogens (tertiary/aromatic N) is 1. The minimum atomic E-state index is -0.897. The second-order valence-electron chi connectivity index (χ2n) is 6.06. The zero-order chi connectivity index (χ0) is 17.3. The Morgan fingerprint density at radius 1 is 1.21 bits per heavy atom. The average molecular weight is 331 g/mol. The van der Waals surface area contributed by atoms with Crippen molar-refractivity contribution >= 4 is 11.9 Å². The first-order valence-electron chi connectivity index (χ1n) is 7.86. The Morgan fingerprint density at radius 2 is 1.96 bits per heavy atom. The second kappa shape index (κ2) is 6.47. The largest absolute Gasteiger partial charge is 0.481 e. The Bertz CT molecular complexity index is 770. The van der Waals surface area contributed by atoms with Crippen LogP contribution in [0.5, 0.6) is 0 Å². The van der Waals surface area contributed by atoms with Gasteiger partial charge < -0.3 is 14.4 Å². The Hall–Kier alpha value is -2.63. The number of hydrogen-bond donors (Lipinski definition) is 1. The maximum Gasteiger partial charge on any atom is 0.308 e. The van der Waals surface area contributed by atoms with Crippen molar-refractivity contribution in [3.8, 4) is 11.3 Å². The average Bonchev–Trinajstić information content (AvgIpc) is 3.04. The molecule has 1 aromatic heterocycles. The lowest BCUT2D eigenvalue weighted by molar-refractivity contribution is -0.143. The van der Waals surface area contributed by atoms with Crippen LogP contribution in [-0.4, -0.2) is 34.5 Å². The van der Waals surface area contributed by atoms with Crippen LogP contribution < -0.4 is 0 Å². The van der Waals surface area contributed by atoms with E-state index in [4.69, 9.17) is 4.42 Å². The third kappa shape index (κ3) is 3.04. The zero-order valence-electron chi connectivity index (χ0n) is 13.2. The van der Waals surface area contributed by atoms with Crippen LogP contribution >= 0.6 is 0 Å². The fourth-order valence-corrected chi connectivity index (χ4v) is 2.99. The number of rotatable bonds is 3. The van der Waals surface area contributed by atoms with Crippen LogP contribution in [0.25, 0.3) is 11.3 Å². The van der Waals surface area contributed by atoms with Crippen LogP contribution in [0.2, 0.25) is 0 Å². The molecule has 3 rings (SSSR count). The Labute approximate surface area is 138 Å². The molecule has 1 aromatic carbocycles. The first-order chi connectivity index (χ1) is 11.5. The first kappa shape index (κ1) is 16.2. The summed E-state index contributed by atoms with van der Waals surface area (Å²) in [5.41, 5.74) is 0.284. The highest BCUT2D eigenvalue weighted by atomic mass is 19.1. The van der Waals surface area contributed by atoms with Crippen LogP contribution in [0.3, 0.4) is 0 Å². The molecular formula is C18H18FNO4. The third-order valence-electron chi connectivity index (χ3n) is 4.45. The monoisotopic (exact) mass is 331 g/mol. The molecule has 1 aliphatic rings. The van der Waals surface area contributed by atoms with Crippen molar-refractivity contribution in [3.63, 3.8) is 0 Å². The molecule has 1 saturated heterocycles. The van der Waals surface area contributed by atoms with Gasteiger partial charge in [0.15, 0.2) is 5.76 Å². The molecule has 2 atom stereocenters. The maximum atomic E-state index is 13.8. The van der Waals surface area contributed by atoms with Crippen molar-refractivity contribution in [2.75, 3.05) is 6.54 Å². The Balaban J connectivity index is 1.83. The summed E-state index contributed by atoms with van der Waals surface area (Å²) in [6.45, 7) is 2.04. The van der Waals surface area contributed by atoms with E-state index in [0.29, 0.717) is 12.8 Å². The van der Waals surface area contributed by atoms with Crippen LogP contribution in [0.4, 0.5) is 4.39 Å². The summed E-state index contributed by atoms with van der Waals surface area (Å²) < 4.78 is 19.4. The van der Waals surface area contributed by atoms with E-state index >= 15 is 0 Å². The number of halogens is 1. The van der Waals surface area contributed by atoms with Gasteiger partial charge in [-0.15, -0.1) is 0 Å².